The van der Waals surface area contributed by atoms with E-state index in [0.29, 0.717) is 16.5 Å². The Labute approximate surface area is 197 Å². The lowest BCUT2D eigenvalue weighted by Gasteiger charge is -2.14. The monoisotopic (exact) mass is 458 g/mol. The Morgan fingerprint density at radius 1 is 0.939 bits per heavy atom. The van der Waals surface area contributed by atoms with E-state index in [1.54, 1.807) is 18.2 Å². The Hall–Kier alpha value is -3.58. The van der Waals surface area contributed by atoms with Crippen molar-refractivity contribution in [1.29, 1.82) is 0 Å². The maximum Gasteiger partial charge on any atom is 0.234 e. The summed E-state index contributed by atoms with van der Waals surface area (Å²) in [6.07, 6.45) is 0. The number of nitrogens with zero attached hydrogens (tertiary/aromatic N) is 3. The third-order valence-corrected chi connectivity index (χ3v) is 6.29. The molecule has 0 bridgehead atoms. The fourth-order valence-electron chi connectivity index (χ4n) is 3.74. The number of rotatable bonds is 6. The molecule has 0 aliphatic heterocycles. The van der Waals surface area contributed by atoms with Gasteiger partial charge in [0.15, 0.2) is 11.0 Å². The molecule has 3 aromatic carbocycles. The van der Waals surface area contributed by atoms with Crippen LogP contribution < -0.4 is 5.32 Å². The number of aromatic hydroxyl groups is 1. The second-order valence-corrected chi connectivity index (χ2v) is 9.05. The number of carbonyl (C=O) groups is 1. The molecule has 168 valence electrons. The Kier molecular flexibility index (Phi) is 6.51. The lowest BCUT2D eigenvalue weighted by Crippen LogP contribution is -2.15. The van der Waals surface area contributed by atoms with Crippen LogP contribution in [0.4, 0.5) is 5.69 Å². The number of nitrogens with one attached hydrogen (secondary N) is 1. The standard InChI is InChI=1S/C26H26N4O2S/c1-16-9-11-21(18(3)13-16)27-24(32)15-33-26-29-28-25(20-7-5-6-8-23(20)31)30(26)22-12-10-17(2)14-19(22)4/h5-14,31H,15H2,1-4H3,(H,27,32). The molecule has 2 N–H and O–H groups in total. The highest BCUT2D eigenvalue weighted by atomic mass is 32.2. The minimum Gasteiger partial charge on any atom is -0.507 e. The van der Waals surface area contributed by atoms with Gasteiger partial charge in [-0.15, -0.1) is 10.2 Å². The molecule has 4 aromatic rings. The first-order valence-corrected chi connectivity index (χ1v) is 11.6. The van der Waals surface area contributed by atoms with E-state index in [1.807, 2.05) is 68.7 Å². The highest BCUT2D eigenvalue weighted by Crippen LogP contribution is 2.33. The molecule has 1 amide bonds. The van der Waals surface area contributed by atoms with Crippen LogP contribution in [-0.2, 0) is 4.79 Å². The first-order valence-electron chi connectivity index (χ1n) is 10.6. The number of phenolic OH excluding ortho intramolecular Hbond substituents is 1. The lowest BCUT2D eigenvalue weighted by atomic mass is 10.1. The molecule has 0 spiro atoms. The van der Waals surface area contributed by atoms with Crippen molar-refractivity contribution in [1.82, 2.24) is 14.8 Å². The van der Waals surface area contributed by atoms with Crippen molar-refractivity contribution in [2.75, 3.05) is 11.1 Å². The van der Waals surface area contributed by atoms with Crippen molar-refractivity contribution < 1.29 is 9.90 Å². The molecule has 7 heteroatoms. The molecule has 0 aliphatic carbocycles. The van der Waals surface area contributed by atoms with Gasteiger partial charge in [0.05, 0.1) is 17.0 Å². The number of para-hydroxylation sites is 1. The highest BCUT2D eigenvalue weighted by Gasteiger charge is 2.20. The first-order chi connectivity index (χ1) is 15.8. The molecule has 0 fully saturated rings. The molecular weight excluding hydrogens is 432 g/mol. The number of amides is 1. The van der Waals surface area contributed by atoms with Gasteiger partial charge in [-0.2, -0.15) is 0 Å². The van der Waals surface area contributed by atoms with Crippen LogP contribution in [0, 0.1) is 27.7 Å². The molecular formula is C26H26N4O2S. The molecule has 0 aliphatic rings. The average molecular weight is 459 g/mol. The van der Waals surface area contributed by atoms with Gasteiger partial charge in [-0.3, -0.25) is 9.36 Å². The van der Waals surface area contributed by atoms with E-state index in [1.165, 1.54) is 11.8 Å². The number of benzene rings is 3. The maximum atomic E-state index is 12.7. The van der Waals surface area contributed by atoms with Crippen LogP contribution in [0.1, 0.15) is 22.3 Å². The number of thioether (sulfide) groups is 1. The van der Waals surface area contributed by atoms with Crippen molar-refractivity contribution in [2.24, 2.45) is 0 Å². The largest absolute Gasteiger partial charge is 0.507 e. The number of phenols is 1. The Morgan fingerprint density at radius 3 is 2.33 bits per heavy atom. The van der Waals surface area contributed by atoms with Crippen LogP contribution >= 0.6 is 11.8 Å². The average Bonchev–Trinajstić information content (AvgIpc) is 3.18. The number of aryl methyl sites for hydroxylation is 4. The summed E-state index contributed by atoms with van der Waals surface area (Å²) in [4.78, 5) is 12.7. The zero-order valence-electron chi connectivity index (χ0n) is 19.1. The number of anilines is 1. The van der Waals surface area contributed by atoms with Crippen LogP contribution in [0.25, 0.3) is 17.1 Å². The summed E-state index contributed by atoms with van der Waals surface area (Å²) in [6.45, 7) is 8.07. The minimum absolute atomic E-state index is 0.119. The maximum absolute atomic E-state index is 12.7. The summed E-state index contributed by atoms with van der Waals surface area (Å²) < 4.78 is 1.90. The Morgan fingerprint density at radius 2 is 1.64 bits per heavy atom. The predicted octanol–water partition coefficient (Wildman–Crippen LogP) is 5.60. The number of hydrogen-bond donors (Lipinski definition) is 2. The minimum atomic E-state index is -0.119. The number of aromatic nitrogens is 3. The van der Waals surface area contributed by atoms with Gasteiger partial charge in [-0.1, -0.05) is 59.3 Å². The Bertz CT molecular complexity index is 1330. The molecule has 0 saturated heterocycles. The van der Waals surface area contributed by atoms with Crippen LogP contribution in [-0.4, -0.2) is 31.5 Å². The number of carbonyl (C=O) groups excluding carboxylic acids is 1. The van der Waals surface area contributed by atoms with Crippen LogP contribution in [0.5, 0.6) is 5.75 Å². The predicted molar refractivity (Wildman–Crippen MR) is 133 cm³/mol. The summed E-state index contributed by atoms with van der Waals surface area (Å²) in [6, 6.07) is 19.1. The summed E-state index contributed by atoms with van der Waals surface area (Å²) in [5.41, 5.74) is 6.66. The van der Waals surface area contributed by atoms with Crippen molar-refractivity contribution in [3.63, 3.8) is 0 Å². The summed E-state index contributed by atoms with van der Waals surface area (Å²) in [5.74, 6) is 0.709. The topological polar surface area (TPSA) is 80.0 Å². The van der Waals surface area contributed by atoms with Gasteiger partial charge in [0.25, 0.3) is 0 Å². The van der Waals surface area contributed by atoms with Crippen molar-refractivity contribution in [3.8, 4) is 22.8 Å². The summed E-state index contributed by atoms with van der Waals surface area (Å²) in [7, 11) is 0. The van der Waals surface area contributed by atoms with E-state index in [0.717, 1.165) is 33.6 Å². The number of hydrogen-bond acceptors (Lipinski definition) is 5. The molecule has 0 atom stereocenters. The SMILES string of the molecule is Cc1ccc(NC(=O)CSc2nnc(-c3ccccc3O)n2-c2ccc(C)cc2C)c(C)c1. The van der Waals surface area contributed by atoms with Crippen molar-refractivity contribution in [2.45, 2.75) is 32.9 Å². The van der Waals surface area contributed by atoms with Gasteiger partial charge >= 0.3 is 0 Å². The van der Waals surface area contributed by atoms with Gasteiger partial charge in [0.1, 0.15) is 5.75 Å². The van der Waals surface area contributed by atoms with E-state index in [-0.39, 0.29) is 17.4 Å². The smallest absolute Gasteiger partial charge is 0.234 e. The van der Waals surface area contributed by atoms with Gasteiger partial charge in [0, 0.05) is 5.69 Å². The van der Waals surface area contributed by atoms with Gasteiger partial charge in [-0.25, -0.2) is 0 Å². The van der Waals surface area contributed by atoms with Gasteiger partial charge in [-0.05, 0) is 63.1 Å². The fourth-order valence-corrected chi connectivity index (χ4v) is 4.49. The van der Waals surface area contributed by atoms with Crippen LogP contribution in [0.2, 0.25) is 0 Å². The Balaban J connectivity index is 1.65. The van der Waals surface area contributed by atoms with E-state index in [9.17, 15) is 9.90 Å². The molecule has 1 aromatic heterocycles. The second kappa shape index (κ2) is 9.50. The van der Waals surface area contributed by atoms with Crippen LogP contribution in [0.15, 0.2) is 65.8 Å². The van der Waals surface area contributed by atoms with Crippen molar-refractivity contribution in [3.05, 3.63) is 82.9 Å². The normalized spacial score (nSPS) is 10.9. The van der Waals surface area contributed by atoms with E-state index >= 15 is 0 Å². The van der Waals surface area contributed by atoms with Crippen molar-refractivity contribution >= 4 is 23.4 Å². The van der Waals surface area contributed by atoms with E-state index in [2.05, 4.69) is 21.6 Å². The van der Waals surface area contributed by atoms with Gasteiger partial charge in [0.2, 0.25) is 5.91 Å². The zero-order chi connectivity index (χ0) is 23.5. The molecule has 4 rings (SSSR count). The quantitative estimate of drug-likeness (QED) is 0.368. The molecule has 0 saturated carbocycles. The molecule has 0 radical (unpaired) electrons. The second-order valence-electron chi connectivity index (χ2n) is 8.10. The zero-order valence-corrected chi connectivity index (χ0v) is 19.9. The first kappa shape index (κ1) is 22.6. The van der Waals surface area contributed by atoms with E-state index in [4.69, 9.17) is 0 Å². The van der Waals surface area contributed by atoms with Crippen LogP contribution in [0.3, 0.4) is 0 Å². The fraction of sp³-hybridized carbons (Fsp3) is 0.192. The lowest BCUT2D eigenvalue weighted by molar-refractivity contribution is -0.113. The summed E-state index contributed by atoms with van der Waals surface area (Å²) >= 11 is 1.31. The van der Waals surface area contributed by atoms with E-state index < -0.39 is 0 Å². The third-order valence-electron chi connectivity index (χ3n) is 5.36. The molecule has 1 heterocycles. The third kappa shape index (κ3) is 4.93. The molecule has 33 heavy (non-hydrogen) atoms. The van der Waals surface area contributed by atoms with Gasteiger partial charge < -0.3 is 10.4 Å². The molecule has 6 nitrogen and oxygen atoms in total. The highest BCUT2D eigenvalue weighted by molar-refractivity contribution is 7.99. The summed E-state index contributed by atoms with van der Waals surface area (Å²) in [5, 5.41) is 22.7. The molecule has 0 unspecified atom stereocenters.